The van der Waals surface area contributed by atoms with Crippen LogP contribution in [0, 0.1) is 30.6 Å². The minimum atomic E-state index is -1.75. The average Bonchev–Trinajstić information content (AvgIpc) is 2.73. The second-order valence-corrected chi connectivity index (χ2v) is 6.48. The number of rotatable bonds is 5. The monoisotopic (exact) mass is 447 g/mol. The van der Waals surface area contributed by atoms with E-state index in [1.807, 2.05) is 0 Å². The zero-order valence-electron chi connectivity index (χ0n) is 18.5. The van der Waals surface area contributed by atoms with Gasteiger partial charge in [0.25, 0.3) is 0 Å². The molecular weight excluding hydrogens is 420 g/mol. The van der Waals surface area contributed by atoms with Crippen molar-refractivity contribution < 1.29 is 14.6 Å². The second-order valence-electron chi connectivity index (χ2n) is 6.48. The topological polar surface area (TPSA) is 152 Å². The van der Waals surface area contributed by atoms with Crippen molar-refractivity contribution in [1.82, 2.24) is 4.58 Å². The number of nitrogens with zero attached hydrogens (tertiary/aromatic N) is 4. The van der Waals surface area contributed by atoms with Gasteiger partial charge in [-0.25, -0.2) is 4.58 Å². The molecule has 11 heteroatoms. The van der Waals surface area contributed by atoms with Gasteiger partial charge in [-0.15, -0.1) is 0 Å². The Labute approximate surface area is 185 Å². The summed E-state index contributed by atoms with van der Waals surface area (Å²) < 4.78 is 8.59. The molecule has 1 aromatic rings. The smallest absolute Gasteiger partial charge is 0.203 e. The zero-order chi connectivity index (χ0) is 24.3. The third kappa shape index (κ3) is 7.74. The number of hydrogen-bond acceptors (Lipinski definition) is 8. The Morgan fingerprint density at radius 2 is 1.38 bits per heavy atom. The lowest BCUT2D eigenvalue weighted by atomic mass is 10.1. The van der Waals surface area contributed by atoms with E-state index in [2.05, 4.69) is 79.6 Å². The molecule has 0 radical (unpaired) electrons. The van der Waals surface area contributed by atoms with E-state index in [1.54, 1.807) is 0 Å². The number of benzene rings is 2. The fourth-order valence-corrected chi connectivity index (χ4v) is 3.32. The first-order chi connectivity index (χ1) is 15.2. The van der Waals surface area contributed by atoms with Gasteiger partial charge in [-0.3, -0.25) is 0 Å². The van der Waals surface area contributed by atoms with Crippen LogP contribution in [0.25, 0.3) is 22.3 Å². The molecule has 11 nitrogen and oxygen atoms in total. The molecule has 32 heavy (non-hydrogen) atoms. The van der Waals surface area contributed by atoms with Crippen molar-refractivity contribution in [3.05, 3.63) is 78.5 Å². The molecule has 0 fully saturated rings. The normalized spacial score (nSPS) is 9.88. The van der Waals surface area contributed by atoms with Gasteiger partial charge in [-0.1, -0.05) is 0 Å². The van der Waals surface area contributed by atoms with Gasteiger partial charge in [0, 0.05) is 41.9 Å². The first kappa shape index (κ1) is 26.1. The van der Waals surface area contributed by atoms with Crippen molar-refractivity contribution in [3.63, 3.8) is 0 Å². The van der Waals surface area contributed by atoms with Crippen molar-refractivity contribution in [2.45, 2.75) is 27.7 Å². The van der Waals surface area contributed by atoms with E-state index in [-0.39, 0.29) is 0 Å². The van der Waals surface area contributed by atoms with Crippen LogP contribution >= 0.6 is 0 Å². The predicted octanol–water partition coefficient (Wildman–Crippen LogP) is 3.72. The molecule has 0 aromatic heterocycles. The highest BCUT2D eigenvalue weighted by Gasteiger charge is 2.11. The fraction of sp³-hybridized carbons (Fsp3) is 0.381. The zero-order valence-corrected chi connectivity index (χ0v) is 18.5. The van der Waals surface area contributed by atoms with E-state index < -0.39 is 10.2 Å². The molecule has 0 unspecified atom stereocenters. The Morgan fingerprint density at radius 3 is 1.88 bits per heavy atom. The van der Waals surface area contributed by atoms with Crippen LogP contribution in [-0.2, 0) is 0 Å². The Bertz CT molecular complexity index is 1050. The minimum Gasteiger partial charge on any atom is -0.456 e. The summed E-state index contributed by atoms with van der Waals surface area (Å²) in [7, 11) is 0. The van der Waals surface area contributed by atoms with Gasteiger partial charge in [-0.05, 0) is 52.0 Å². The first-order valence-electron chi connectivity index (χ1n) is 10.1. The summed E-state index contributed by atoms with van der Waals surface area (Å²) in [5.74, 6) is 0.948. The highest BCUT2D eigenvalue weighted by atomic mass is 16.9. The van der Waals surface area contributed by atoms with Crippen LogP contribution in [0.3, 0.4) is 0 Å². The van der Waals surface area contributed by atoms with Gasteiger partial charge in [0.05, 0.1) is 16.2 Å². The van der Waals surface area contributed by atoms with Gasteiger partial charge >= 0.3 is 0 Å². The van der Waals surface area contributed by atoms with Gasteiger partial charge < -0.3 is 40.0 Å². The Morgan fingerprint density at radius 1 is 0.812 bits per heavy atom. The summed E-state index contributed by atoms with van der Waals surface area (Å²) in [6.07, 6.45) is 0. The molecule has 2 aliphatic rings. The second kappa shape index (κ2) is 12.7. The number of hydrogen-bond donors (Lipinski definition) is 0. The third-order valence-electron chi connectivity index (χ3n) is 4.78. The molecular formula is C21H27N4O7-. The van der Waals surface area contributed by atoms with Crippen molar-refractivity contribution in [1.29, 1.82) is 0 Å². The lowest BCUT2D eigenvalue weighted by Crippen LogP contribution is -2.29. The maximum atomic E-state index is 8.25. The molecule has 0 bridgehead atoms. The molecule has 0 amide bonds. The molecule has 1 aliphatic heterocycles. The standard InChI is InChI=1S/C21H27N2O.2NO3/c1-5-22(6-2)18-11-9-16-13-17-10-12-19(23(7-3)8-4)15-21(17)24-20(16)14-18;2*2-1(3)4/h9-15H,5-8H2,1-4H3;;/q+1;2*-1. The molecule has 174 valence electrons. The van der Waals surface area contributed by atoms with Gasteiger partial charge in [0.2, 0.25) is 5.36 Å². The van der Waals surface area contributed by atoms with Crippen LogP contribution in [0.15, 0.2) is 46.9 Å². The predicted molar refractivity (Wildman–Crippen MR) is 123 cm³/mol. The lowest BCUT2D eigenvalue weighted by molar-refractivity contribution is -0.403. The van der Waals surface area contributed by atoms with E-state index in [4.69, 9.17) is 35.1 Å². The van der Waals surface area contributed by atoms with Crippen molar-refractivity contribution in [3.8, 4) is 11.3 Å². The quantitative estimate of drug-likeness (QED) is 0.248. The summed E-state index contributed by atoms with van der Waals surface area (Å²) >= 11 is 0. The van der Waals surface area contributed by atoms with Gasteiger partial charge in [0.1, 0.15) is 24.4 Å². The summed E-state index contributed by atoms with van der Waals surface area (Å²) in [6.45, 7) is 12.7. The largest absolute Gasteiger partial charge is 0.456 e. The summed E-state index contributed by atoms with van der Waals surface area (Å²) in [5.41, 5.74) is 3.31. The van der Waals surface area contributed by atoms with E-state index >= 15 is 0 Å². The molecule has 3 rings (SSSR count). The van der Waals surface area contributed by atoms with Crippen LogP contribution in [0.1, 0.15) is 27.7 Å². The first-order valence-corrected chi connectivity index (χ1v) is 10.1. The minimum absolute atomic E-state index is 0.948. The maximum absolute atomic E-state index is 8.25. The van der Waals surface area contributed by atoms with Gasteiger partial charge in [-0.2, -0.15) is 0 Å². The molecule has 1 aromatic carbocycles. The maximum Gasteiger partial charge on any atom is 0.203 e. The molecule has 1 heterocycles. The van der Waals surface area contributed by atoms with Crippen LogP contribution < -0.4 is 14.8 Å². The van der Waals surface area contributed by atoms with E-state index in [0.29, 0.717) is 0 Å². The van der Waals surface area contributed by atoms with E-state index in [0.717, 1.165) is 48.5 Å². The van der Waals surface area contributed by atoms with Crippen molar-refractivity contribution in [2.75, 3.05) is 31.1 Å². The molecule has 0 spiro atoms. The summed E-state index contributed by atoms with van der Waals surface area (Å²) in [5, 5.41) is 31.9. The number of anilines is 1. The van der Waals surface area contributed by atoms with Crippen LogP contribution in [0.4, 0.5) is 5.69 Å². The molecule has 1 aliphatic carbocycles. The average molecular weight is 447 g/mol. The lowest BCUT2D eigenvalue weighted by Gasteiger charge is -2.21. The Balaban J connectivity index is 0.000000554. The number of fused-ring (bicyclic) bond motifs is 2. The molecule has 0 N–H and O–H groups in total. The van der Waals surface area contributed by atoms with Crippen molar-refractivity contribution >= 4 is 16.7 Å². The molecule has 0 atom stereocenters. The SMILES string of the molecule is CCN(CC)c1ccc2cc3ccc(=[N+](CC)CC)cc-3oc2c1.O=[N+]([O-])[O-].O=[N+]([O-])[O-]. The van der Waals surface area contributed by atoms with Crippen LogP contribution in [0.2, 0.25) is 0 Å². The Kier molecular flexibility index (Phi) is 10.4. The molecule has 0 saturated carbocycles. The Hall–Kier alpha value is -3.89. The highest BCUT2D eigenvalue weighted by molar-refractivity contribution is 5.85. The van der Waals surface area contributed by atoms with Crippen LogP contribution in [0.5, 0.6) is 0 Å². The van der Waals surface area contributed by atoms with Crippen molar-refractivity contribution in [2.24, 2.45) is 0 Å². The van der Waals surface area contributed by atoms with Gasteiger partial charge in [0.15, 0.2) is 0 Å². The summed E-state index contributed by atoms with van der Waals surface area (Å²) in [4.78, 5) is 18.8. The van der Waals surface area contributed by atoms with E-state index in [1.165, 1.54) is 11.0 Å². The third-order valence-corrected chi connectivity index (χ3v) is 4.78. The fourth-order valence-electron chi connectivity index (χ4n) is 3.32. The highest BCUT2D eigenvalue weighted by Crippen LogP contribution is 2.29. The van der Waals surface area contributed by atoms with Crippen LogP contribution in [-0.4, -0.2) is 36.4 Å². The van der Waals surface area contributed by atoms with E-state index in [9.17, 15) is 0 Å². The summed E-state index contributed by atoms with van der Waals surface area (Å²) in [6, 6.07) is 15.2. The molecule has 0 saturated heterocycles.